The molecule has 162 valence electrons. The summed E-state index contributed by atoms with van der Waals surface area (Å²) in [4.78, 5) is 12.6. The van der Waals surface area contributed by atoms with Gasteiger partial charge in [-0.15, -0.1) is 0 Å². The van der Waals surface area contributed by atoms with Crippen LogP contribution < -0.4 is 5.26 Å². The van der Waals surface area contributed by atoms with Crippen LogP contribution in [0.4, 0.5) is 9.37 Å². The fraction of sp³-hybridized carbons (Fsp3) is 0.909. The molecule has 0 heterocycles. The molecular weight excluding hydrogens is 360 g/mol. The average molecular weight is 399 g/mol. The highest BCUT2D eigenvalue weighted by Gasteiger charge is 2.53. The Morgan fingerprint density at radius 3 is 1.50 bits per heavy atom. The number of hydrogen-bond donors (Lipinski definition) is 0. The predicted molar refractivity (Wildman–Crippen MR) is 105 cm³/mol. The van der Waals surface area contributed by atoms with E-state index >= 15 is 0 Å². The molecule has 0 aromatic heterocycles. The molecule has 0 radical (unpaired) electrons. The van der Waals surface area contributed by atoms with Crippen LogP contribution >= 0.6 is 0 Å². The normalized spacial score (nSPS) is 23.0. The minimum absolute atomic E-state index is 0.234. The molecular formula is C22H38O6. The molecule has 28 heavy (non-hydrogen) atoms. The first-order valence-corrected chi connectivity index (χ1v) is 10.7. The highest BCUT2D eigenvalue weighted by atomic mass is 17.1. The third kappa shape index (κ3) is 4.93. The van der Waals surface area contributed by atoms with Gasteiger partial charge in [0.05, 0.1) is 0 Å². The maximum absolute atomic E-state index is 12.6. The molecule has 6 heteroatoms. The molecule has 0 spiro atoms. The van der Waals surface area contributed by atoms with Crippen molar-refractivity contribution >= 4 is 12.3 Å². The maximum Gasteiger partial charge on any atom is 0.735 e. The molecule has 0 saturated heterocycles. The molecule has 2 aliphatic rings. The SMILES string of the molecule is CC(C)(C)C1(OC(=O)OC(OC2(C(C)(C)C)CCCCC2)=[O+][O-])CCCCC1. The molecule has 0 atom stereocenters. The van der Waals surface area contributed by atoms with E-state index in [0.717, 1.165) is 64.2 Å². The molecule has 2 aliphatic carbocycles. The van der Waals surface area contributed by atoms with Crippen LogP contribution in [0, 0.1) is 10.8 Å². The highest BCUT2D eigenvalue weighted by Crippen LogP contribution is 2.46. The molecule has 0 unspecified atom stereocenters. The zero-order valence-corrected chi connectivity index (χ0v) is 18.5. The Morgan fingerprint density at radius 2 is 1.14 bits per heavy atom. The van der Waals surface area contributed by atoms with E-state index in [0.29, 0.717) is 0 Å². The topological polar surface area (TPSA) is 79.1 Å². The van der Waals surface area contributed by atoms with E-state index in [1.165, 1.54) is 0 Å². The zero-order valence-electron chi connectivity index (χ0n) is 18.5. The van der Waals surface area contributed by atoms with Crippen molar-refractivity contribution in [3.63, 3.8) is 0 Å². The van der Waals surface area contributed by atoms with E-state index in [4.69, 9.17) is 14.2 Å². The standard InChI is InChI=1S/C22H38O6/c1-19(2,3)21(13-9-7-10-14-21)26-17(23)25-18(28-24)27-22(20(4,5)6)15-11-8-12-16-22/h7-16H2,1-6H3. The summed E-state index contributed by atoms with van der Waals surface area (Å²) in [5, 5.41) is 11.3. The van der Waals surface area contributed by atoms with Crippen molar-refractivity contribution < 1.29 is 28.8 Å². The van der Waals surface area contributed by atoms with Crippen LogP contribution in [0.5, 0.6) is 0 Å². The average Bonchev–Trinajstić information content (AvgIpc) is 2.61. The Balaban J connectivity index is 2.10. The van der Waals surface area contributed by atoms with Gasteiger partial charge in [0.1, 0.15) is 5.60 Å². The summed E-state index contributed by atoms with van der Waals surface area (Å²) in [5.74, 6) is 0. The molecule has 0 bridgehead atoms. The first kappa shape index (κ1) is 22.8. The van der Waals surface area contributed by atoms with Gasteiger partial charge in [-0.3, -0.25) is 4.58 Å². The van der Waals surface area contributed by atoms with E-state index in [1.807, 2.05) is 0 Å². The van der Waals surface area contributed by atoms with Crippen LogP contribution in [0.3, 0.4) is 0 Å². The summed E-state index contributed by atoms with van der Waals surface area (Å²) in [6.45, 7) is 12.4. The fourth-order valence-corrected chi connectivity index (χ4v) is 4.72. The molecule has 0 N–H and O–H groups in total. The minimum atomic E-state index is -0.928. The van der Waals surface area contributed by atoms with Crippen molar-refractivity contribution in [2.24, 2.45) is 10.8 Å². The second-order valence-corrected chi connectivity index (χ2v) is 10.5. The van der Waals surface area contributed by atoms with Crippen LogP contribution in [0.25, 0.3) is 0 Å². The van der Waals surface area contributed by atoms with Crippen LogP contribution in [0.2, 0.25) is 0 Å². The van der Waals surface area contributed by atoms with E-state index in [9.17, 15) is 10.1 Å². The Bertz CT molecular complexity index is 555. The van der Waals surface area contributed by atoms with Gasteiger partial charge in [0.25, 0.3) is 0 Å². The number of carbonyl (C=O) groups excluding carboxylic acids is 2. The quantitative estimate of drug-likeness (QED) is 0.199. The van der Waals surface area contributed by atoms with Gasteiger partial charge in [-0.25, -0.2) is 4.74 Å². The van der Waals surface area contributed by atoms with Gasteiger partial charge in [0.2, 0.25) is 0 Å². The summed E-state index contributed by atoms with van der Waals surface area (Å²) in [6.07, 6.45) is 7.83. The van der Waals surface area contributed by atoms with Gasteiger partial charge in [-0.05, 0) is 38.5 Å². The van der Waals surface area contributed by atoms with Gasteiger partial charge in [0.15, 0.2) is 5.60 Å². The monoisotopic (exact) mass is 398 g/mol. The van der Waals surface area contributed by atoms with Crippen molar-refractivity contribution in [3.8, 4) is 0 Å². The Morgan fingerprint density at radius 1 is 0.750 bits per heavy atom. The molecule has 6 nitrogen and oxygen atoms in total. The third-order valence-electron chi connectivity index (χ3n) is 6.85. The molecule has 2 rings (SSSR count). The van der Waals surface area contributed by atoms with Crippen LogP contribution in [0.1, 0.15) is 106 Å². The molecule has 0 aromatic rings. The Kier molecular flexibility index (Phi) is 6.93. The summed E-state index contributed by atoms with van der Waals surface area (Å²) < 4.78 is 20.9. The van der Waals surface area contributed by atoms with E-state index in [-0.39, 0.29) is 10.8 Å². The van der Waals surface area contributed by atoms with E-state index in [1.54, 1.807) is 0 Å². The van der Waals surface area contributed by atoms with Crippen LogP contribution in [0.15, 0.2) is 0 Å². The molecule has 0 amide bonds. The van der Waals surface area contributed by atoms with E-state index < -0.39 is 23.5 Å². The summed E-state index contributed by atoms with van der Waals surface area (Å²) in [7, 11) is 0. The van der Waals surface area contributed by atoms with E-state index in [2.05, 4.69) is 46.1 Å². The summed E-state index contributed by atoms with van der Waals surface area (Å²) in [6, 6.07) is 0. The molecule has 0 aromatic carbocycles. The van der Waals surface area contributed by atoms with Crippen LogP contribution in [-0.2, 0) is 14.2 Å². The van der Waals surface area contributed by atoms with Crippen molar-refractivity contribution in [2.75, 3.05) is 0 Å². The van der Waals surface area contributed by atoms with Gasteiger partial charge < -0.3 is 14.7 Å². The lowest BCUT2D eigenvalue weighted by atomic mass is 9.68. The van der Waals surface area contributed by atoms with Crippen molar-refractivity contribution in [1.82, 2.24) is 0 Å². The summed E-state index contributed by atoms with van der Waals surface area (Å²) >= 11 is 0. The Labute approximate surface area is 169 Å². The van der Waals surface area contributed by atoms with Gasteiger partial charge in [-0.2, -0.15) is 4.79 Å². The minimum Gasteiger partial charge on any atom is -0.628 e. The fourth-order valence-electron chi connectivity index (χ4n) is 4.72. The lowest BCUT2D eigenvalue weighted by Crippen LogP contribution is -2.50. The highest BCUT2D eigenvalue weighted by molar-refractivity contribution is 5.77. The lowest BCUT2D eigenvalue weighted by molar-refractivity contribution is -0.869. The second-order valence-electron chi connectivity index (χ2n) is 10.5. The van der Waals surface area contributed by atoms with Crippen molar-refractivity contribution in [2.45, 2.75) is 117 Å². The second kappa shape index (κ2) is 8.50. The zero-order chi connectivity index (χ0) is 21.1. The first-order chi connectivity index (χ1) is 12.9. The van der Waals surface area contributed by atoms with Crippen LogP contribution in [-0.4, -0.2) is 23.5 Å². The Hall–Kier alpha value is -1.46. The number of hydrogen-bond acceptors (Lipinski definition) is 5. The largest absolute Gasteiger partial charge is 0.735 e. The third-order valence-corrected chi connectivity index (χ3v) is 6.85. The van der Waals surface area contributed by atoms with Crippen molar-refractivity contribution in [3.05, 3.63) is 0 Å². The predicted octanol–water partition coefficient (Wildman–Crippen LogP) is 5.59. The summed E-state index contributed by atoms with van der Waals surface area (Å²) in [5.41, 5.74) is -1.68. The lowest BCUT2D eigenvalue weighted by Gasteiger charge is -2.45. The molecule has 0 aliphatic heterocycles. The smallest absolute Gasteiger partial charge is 0.628 e. The molecule has 2 saturated carbocycles. The van der Waals surface area contributed by atoms with Gasteiger partial charge in [0, 0.05) is 23.7 Å². The van der Waals surface area contributed by atoms with Gasteiger partial charge >= 0.3 is 12.3 Å². The number of rotatable bonds is 2. The molecule has 2 fully saturated rings. The number of carbonyl (C=O) groups is 1. The van der Waals surface area contributed by atoms with Crippen molar-refractivity contribution in [1.29, 1.82) is 0 Å². The number of ether oxygens (including phenoxy) is 3. The first-order valence-electron chi connectivity index (χ1n) is 10.7. The van der Waals surface area contributed by atoms with Gasteiger partial charge in [-0.1, -0.05) is 54.4 Å². The maximum atomic E-state index is 12.6.